The first-order valence-electron chi connectivity index (χ1n) is 4.91. The Morgan fingerprint density at radius 2 is 2.38 bits per heavy atom. The summed E-state index contributed by atoms with van der Waals surface area (Å²) in [6.45, 7) is 5.37. The summed E-state index contributed by atoms with van der Waals surface area (Å²) in [6.07, 6.45) is 8.46. The number of piperidine rings is 1. The maximum absolute atomic E-state index is 5.50. The van der Waals surface area contributed by atoms with Gasteiger partial charge in [-0.2, -0.15) is 0 Å². The molecule has 13 heavy (non-hydrogen) atoms. The largest absolute Gasteiger partial charge is 0.377 e. The van der Waals surface area contributed by atoms with Crippen molar-refractivity contribution in [3.05, 3.63) is 0 Å². The van der Waals surface area contributed by atoms with E-state index in [0.717, 1.165) is 25.9 Å². The van der Waals surface area contributed by atoms with Gasteiger partial charge in [-0.25, -0.2) is 0 Å². The van der Waals surface area contributed by atoms with Crippen LogP contribution in [0.2, 0.25) is 0 Å². The minimum atomic E-state index is 0.0485. The van der Waals surface area contributed by atoms with Crippen molar-refractivity contribution in [2.45, 2.75) is 31.8 Å². The van der Waals surface area contributed by atoms with Gasteiger partial charge in [-0.3, -0.25) is 4.90 Å². The Hall–Kier alpha value is -0.520. The summed E-state index contributed by atoms with van der Waals surface area (Å²) in [6, 6.07) is 0. The van der Waals surface area contributed by atoms with E-state index in [1.807, 2.05) is 0 Å². The Balaban J connectivity index is 2.38. The van der Waals surface area contributed by atoms with E-state index in [1.54, 1.807) is 7.11 Å². The van der Waals surface area contributed by atoms with Crippen LogP contribution >= 0.6 is 0 Å². The first-order chi connectivity index (χ1) is 6.20. The predicted molar refractivity (Wildman–Crippen MR) is 54.5 cm³/mol. The van der Waals surface area contributed by atoms with Crippen LogP contribution in [0.5, 0.6) is 0 Å². The van der Waals surface area contributed by atoms with E-state index in [4.69, 9.17) is 11.2 Å². The number of nitrogens with zero attached hydrogens (tertiary/aromatic N) is 1. The van der Waals surface area contributed by atoms with Gasteiger partial charge in [0.25, 0.3) is 0 Å². The van der Waals surface area contributed by atoms with Gasteiger partial charge in [0, 0.05) is 26.6 Å². The average Bonchev–Trinajstić information content (AvgIpc) is 2.15. The minimum Gasteiger partial charge on any atom is -0.377 e. The molecule has 0 spiro atoms. The number of likely N-dealkylation sites (tertiary alicyclic amines) is 1. The second kappa shape index (κ2) is 4.64. The molecule has 1 atom stereocenters. The van der Waals surface area contributed by atoms with E-state index in [0.29, 0.717) is 0 Å². The molecular formula is C11H19NO. The van der Waals surface area contributed by atoms with E-state index in [-0.39, 0.29) is 5.60 Å². The zero-order valence-electron chi connectivity index (χ0n) is 8.68. The van der Waals surface area contributed by atoms with Crippen molar-refractivity contribution >= 4 is 0 Å². The Bertz CT molecular complexity index is 197. The summed E-state index contributed by atoms with van der Waals surface area (Å²) in [5, 5.41) is 0. The van der Waals surface area contributed by atoms with Crippen LogP contribution in [0.1, 0.15) is 26.2 Å². The lowest BCUT2D eigenvalue weighted by atomic mass is 9.95. The molecule has 0 aliphatic carbocycles. The highest BCUT2D eigenvalue weighted by Gasteiger charge is 2.29. The third kappa shape index (κ3) is 3.02. The molecule has 2 heteroatoms. The molecule has 2 nitrogen and oxygen atoms in total. The molecule has 1 rings (SSSR count). The van der Waals surface area contributed by atoms with Gasteiger partial charge in [0.05, 0.1) is 5.60 Å². The summed E-state index contributed by atoms with van der Waals surface area (Å²) in [7, 11) is 1.80. The maximum atomic E-state index is 5.50. The highest BCUT2D eigenvalue weighted by Crippen LogP contribution is 2.23. The SMILES string of the molecule is C#CCCN1CCCC(C)(OC)C1. The molecule has 0 amide bonds. The standard InChI is InChI=1S/C11H19NO/c1-4-5-8-12-9-6-7-11(2,10-12)13-3/h1H,5-10H2,2-3H3. The van der Waals surface area contributed by atoms with Crippen LogP contribution < -0.4 is 0 Å². The maximum Gasteiger partial charge on any atom is 0.0777 e. The summed E-state index contributed by atoms with van der Waals surface area (Å²) < 4.78 is 5.50. The smallest absolute Gasteiger partial charge is 0.0777 e. The highest BCUT2D eigenvalue weighted by atomic mass is 16.5. The molecule has 0 saturated carbocycles. The number of hydrogen-bond donors (Lipinski definition) is 0. The fourth-order valence-corrected chi connectivity index (χ4v) is 1.89. The molecular weight excluding hydrogens is 162 g/mol. The summed E-state index contributed by atoms with van der Waals surface area (Å²) in [5.74, 6) is 2.68. The second-order valence-electron chi connectivity index (χ2n) is 3.99. The van der Waals surface area contributed by atoms with Crippen molar-refractivity contribution in [1.29, 1.82) is 0 Å². The lowest BCUT2D eigenvalue weighted by molar-refractivity contribution is -0.0500. The third-order valence-electron chi connectivity index (χ3n) is 2.80. The summed E-state index contributed by atoms with van der Waals surface area (Å²) in [4.78, 5) is 2.40. The molecule has 0 aromatic rings. The fourth-order valence-electron chi connectivity index (χ4n) is 1.89. The van der Waals surface area contributed by atoms with Gasteiger partial charge in [0.1, 0.15) is 0 Å². The Morgan fingerprint density at radius 3 is 3.00 bits per heavy atom. The van der Waals surface area contributed by atoms with Crippen LogP contribution in [0.15, 0.2) is 0 Å². The van der Waals surface area contributed by atoms with Crippen LogP contribution in [-0.4, -0.2) is 37.2 Å². The second-order valence-corrected chi connectivity index (χ2v) is 3.99. The van der Waals surface area contributed by atoms with Gasteiger partial charge in [0.2, 0.25) is 0 Å². The highest BCUT2D eigenvalue weighted by molar-refractivity contribution is 4.89. The van der Waals surface area contributed by atoms with Crippen molar-refractivity contribution in [2.75, 3.05) is 26.7 Å². The molecule has 0 aromatic heterocycles. The number of terminal acetylenes is 1. The van der Waals surface area contributed by atoms with Gasteiger partial charge >= 0.3 is 0 Å². The first kappa shape index (κ1) is 10.6. The monoisotopic (exact) mass is 181 g/mol. The Labute approximate surface area is 81.3 Å². The Morgan fingerprint density at radius 1 is 1.62 bits per heavy atom. The topological polar surface area (TPSA) is 12.5 Å². The van der Waals surface area contributed by atoms with Gasteiger partial charge in [-0.05, 0) is 26.3 Å². The summed E-state index contributed by atoms with van der Waals surface area (Å²) >= 11 is 0. The molecule has 1 fully saturated rings. The van der Waals surface area contributed by atoms with E-state index < -0.39 is 0 Å². The van der Waals surface area contributed by atoms with Crippen molar-refractivity contribution in [3.63, 3.8) is 0 Å². The minimum absolute atomic E-state index is 0.0485. The van der Waals surface area contributed by atoms with Gasteiger partial charge in [0.15, 0.2) is 0 Å². The molecule has 0 N–H and O–H groups in total. The Kier molecular flexibility index (Phi) is 3.77. The number of methoxy groups -OCH3 is 1. The molecule has 0 aromatic carbocycles. The molecule has 1 aliphatic heterocycles. The zero-order valence-corrected chi connectivity index (χ0v) is 8.68. The van der Waals surface area contributed by atoms with E-state index >= 15 is 0 Å². The van der Waals surface area contributed by atoms with Crippen molar-refractivity contribution in [2.24, 2.45) is 0 Å². The zero-order chi connectivity index (χ0) is 9.73. The quantitative estimate of drug-likeness (QED) is 0.612. The summed E-state index contributed by atoms with van der Waals surface area (Å²) in [5.41, 5.74) is 0.0485. The number of rotatable bonds is 3. The van der Waals surface area contributed by atoms with E-state index in [2.05, 4.69) is 17.7 Å². The van der Waals surface area contributed by atoms with Crippen molar-refractivity contribution < 1.29 is 4.74 Å². The fraction of sp³-hybridized carbons (Fsp3) is 0.818. The van der Waals surface area contributed by atoms with Crippen LogP contribution in [0.3, 0.4) is 0 Å². The lowest BCUT2D eigenvalue weighted by Crippen LogP contribution is -2.47. The van der Waals surface area contributed by atoms with Gasteiger partial charge < -0.3 is 4.74 Å². The predicted octanol–water partition coefficient (Wildman–Crippen LogP) is 1.51. The lowest BCUT2D eigenvalue weighted by Gasteiger charge is -2.39. The van der Waals surface area contributed by atoms with Crippen molar-refractivity contribution in [3.8, 4) is 12.3 Å². The van der Waals surface area contributed by atoms with Crippen LogP contribution in [0.4, 0.5) is 0 Å². The van der Waals surface area contributed by atoms with Gasteiger partial charge in [-0.1, -0.05) is 0 Å². The van der Waals surface area contributed by atoms with Crippen LogP contribution in [0, 0.1) is 12.3 Å². The molecule has 1 heterocycles. The van der Waals surface area contributed by atoms with Crippen molar-refractivity contribution in [1.82, 2.24) is 4.90 Å². The molecule has 0 radical (unpaired) electrons. The molecule has 1 aliphatic rings. The van der Waals surface area contributed by atoms with E-state index in [9.17, 15) is 0 Å². The van der Waals surface area contributed by atoms with Gasteiger partial charge in [-0.15, -0.1) is 12.3 Å². The molecule has 1 saturated heterocycles. The third-order valence-corrected chi connectivity index (χ3v) is 2.80. The van der Waals surface area contributed by atoms with E-state index in [1.165, 1.54) is 13.0 Å². The average molecular weight is 181 g/mol. The van der Waals surface area contributed by atoms with Crippen LogP contribution in [-0.2, 0) is 4.74 Å². The number of hydrogen-bond acceptors (Lipinski definition) is 2. The van der Waals surface area contributed by atoms with Crippen LogP contribution in [0.25, 0.3) is 0 Å². The molecule has 1 unspecified atom stereocenters. The molecule has 0 bridgehead atoms. The first-order valence-corrected chi connectivity index (χ1v) is 4.91. The molecule has 74 valence electrons. The normalized spacial score (nSPS) is 29.9. The number of ether oxygens (including phenoxy) is 1.